The van der Waals surface area contributed by atoms with Crippen LogP contribution in [0.3, 0.4) is 0 Å². The monoisotopic (exact) mass is 271 g/mol. The second-order valence-corrected chi connectivity index (χ2v) is 5.81. The zero-order chi connectivity index (χ0) is 14.3. The van der Waals surface area contributed by atoms with Crippen molar-refractivity contribution in [1.29, 1.82) is 0 Å². The summed E-state index contributed by atoms with van der Waals surface area (Å²) in [5.74, 6) is 2.37. The van der Waals surface area contributed by atoms with E-state index in [1.807, 2.05) is 4.68 Å². The van der Waals surface area contributed by atoms with Crippen molar-refractivity contribution in [2.45, 2.75) is 25.8 Å². The molecule has 5 nitrogen and oxygen atoms in total. The molecule has 1 aromatic heterocycles. The molecule has 0 aliphatic carbocycles. The number of fused-ring (bicyclic) bond motifs is 1. The van der Waals surface area contributed by atoms with Crippen LogP contribution in [0, 0.1) is 5.92 Å². The van der Waals surface area contributed by atoms with Crippen LogP contribution in [0.5, 0.6) is 0 Å². The van der Waals surface area contributed by atoms with E-state index in [0.717, 1.165) is 18.8 Å². The molecule has 2 heterocycles. The third-order valence-electron chi connectivity index (χ3n) is 4.14. The quantitative estimate of drug-likeness (QED) is 0.906. The topological polar surface area (TPSA) is 60.0 Å². The maximum absolute atomic E-state index is 5.71. The van der Waals surface area contributed by atoms with E-state index in [1.165, 1.54) is 11.3 Å². The molecule has 5 heteroatoms. The lowest BCUT2D eigenvalue weighted by Crippen LogP contribution is -2.28. The summed E-state index contributed by atoms with van der Waals surface area (Å²) in [6, 6.07) is 8.60. The van der Waals surface area contributed by atoms with Crippen LogP contribution in [-0.4, -0.2) is 28.9 Å². The van der Waals surface area contributed by atoms with Gasteiger partial charge in [0.2, 0.25) is 5.95 Å². The molecule has 20 heavy (non-hydrogen) atoms. The first kappa shape index (κ1) is 13.0. The average Bonchev–Trinajstić information content (AvgIpc) is 2.76. The predicted octanol–water partition coefficient (Wildman–Crippen LogP) is 1.90. The summed E-state index contributed by atoms with van der Waals surface area (Å²) in [4.78, 5) is 6.48. The van der Waals surface area contributed by atoms with Crippen LogP contribution in [0.25, 0.3) is 0 Å². The highest BCUT2D eigenvalue weighted by molar-refractivity contribution is 5.54. The summed E-state index contributed by atoms with van der Waals surface area (Å²) < 4.78 is 1.96. The van der Waals surface area contributed by atoms with Gasteiger partial charge in [0, 0.05) is 32.1 Å². The summed E-state index contributed by atoms with van der Waals surface area (Å²) in [6.07, 6.45) is 0.927. The van der Waals surface area contributed by atoms with Gasteiger partial charge in [-0.15, -0.1) is 5.10 Å². The van der Waals surface area contributed by atoms with Crippen molar-refractivity contribution >= 4 is 11.6 Å². The third kappa shape index (κ3) is 2.13. The van der Waals surface area contributed by atoms with Crippen molar-refractivity contribution in [2.24, 2.45) is 5.92 Å². The number of hydrogen-bond acceptors (Lipinski definition) is 4. The van der Waals surface area contributed by atoms with Gasteiger partial charge < -0.3 is 10.6 Å². The number of nitrogens with two attached hydrogens (primary N) is 1. The van der Waals surface area contributed by atoms with Gasteiger partial charge in [-0.2, -0.15) is 4.98 Å². The Hall–Kier alpha value is -2.04. The van der Waals surface area contributed by atoms with Crippen LogP contribution in [0.4, 0.5) is 11.6 Å². The van der Waals surface area contributed by atoms with E-state index in [-0.39, 0.29) is 0 Å². The molecule has 2 atom stereocenters. The molecule has 0 amide bonds. The Bertz CT molecular complexity index is 616. The van der Waals surface area contributed by atoms with Gasteiger partial charge in [-0.05, 0) is 17.5 Å². The molecule has 2 aromatic rings. The third-order valence-corrected chi connectivity index (χ3v) is 4.14. The molecular formula is C15H21N5. The number of anilines is 2. The van der Waals surface area contributed by atoms with Gasteiger partial charge in [0.25, 0.3) is 0 Å². The lowest BCUT2D eigenvalue weighted by molar-refractivity contribution is 0.330. The highest BCUT2D eigenvalue weighted by atomic mass is 15.4. The van der Waals surface area contributed by atoms with E-state index < -0.39 is 0 Å². The molecule has 0 saturated carbocycles. The second-order valence-electron chi connectivity index (χ2n) is 5.81. The first-order valence-electron chi connectivity index (χ1n) is 7.01. The van der Waals surface area contributed by atoms with Gasteiger partial charge in [0.05, 0.1) is 6.54 Å². The lowest BCUT2D eigenvalue weighted by atomic mass is 9.82. The van der Waals surface area contributed by atoms with E-state index in [4.69, 9.17) is 5.73 Å². The normalized spacial score (nSPS) is 21.6. The van der Waals surface area contributed by atoms with E-state index >= 15 is 0 Å². The Morgan fingerprint density at radius 3 is 2.80 bits per heavy atom. The molecule has 1 aliphatic rings. The van der Waals surface area contributed by atoms with Crippen molar-refractivity contribution in [3.63, 3.8) is 0 Å². The Labute approximate surface area is 119 Å². The predicted molar refractivity (Wildman–Crippen MR) is 80.8 cm³/mol. The van der Waals surface area contributed by atoms with Gasteiger partial charge >= 0.3 is 0 Å². The van der Waals surface area contributed by atoms with Crippen LogP contribution in [0.1, 0.15) is 24.2 Å². The average molecular weight is 271 g/mol. The molecule has 0 saturated heterocycles. The minimum Gasteiger partial charge on any atom is -0.377 e. The second kappa shape index (κ2) is 4.81. The maximum atomic E-state index is 5.71. The minimum atomic E-state index is 0.383. The summed E-state index contributed by atoms with van der Waals surface area (Å²) in [5.41, 5.74) is 8.37. The van der Waals surface area contributed by atoms with Crippen molar-refractivity contribution in [1.82, 2.24) is 14.8 Å². The molecule has 106 valence electrons. The molecule has 0 radical (unpaired) electrons. The fraction of sp³-hybridized carbons (Fsp3) is 0.467. The summed E-state index contributed by atoms with van der Waals surface area (Å²) >= 11 is 0. The van der Waals surface area contributed by atoms with Crippen LogP contribution in [0.15, 0.2) is 24.3 Å². The molecule has 2 N–H and O–H groups in total. The number of nitrogen functional groups attached to an aromatic ring is 1. The SMILES string of the molecule is CC1Cc2nc(N)nn2CC1c1ccccc1N(C)C. The van der Waals surface area contributed by atoms with Gasteiger partial charge in [-0.25, -0.2) is 4.68 Å². The first-order valence-corrected chi connectivity index (χ1v) is 7.01. The van der Waals surface area contributed by atoms with Crippen molar-refractivity contribution in [3.8, 4) is 0 Å². The number of nitrogens with zero attached hydrogens (tertiary/aromatic N) is 4. The fourth-order valence-corrected chi connectivity index (χ4v) is 3.10. The molecule has 3 rings (SSSR count). The van der Waals surface area contributed by atoms with E-state index in [0.29, 0.717) is 17.8 Å². The fourth-order valence-electron chi connectivity index (χ4n) is 3.10. The minimum absolute atomic E-state index is 0.383. The zero-order valence-electron chi connectivity index (χ0n) is 12.2. The van der Waals surface area contributed by atoms with Gasteiger partial charge in [-0.1, -0.05) is 25.1 Å². The Morgan fingerprint density at radius 1 is 1.30 bits per heavy atom. The number of hydrogen-bond donors (Lipinski definition) is 1. The van der Waals surface area contributed by atoms with Crippen LogP contribution in [0.2, 0.25) is 0 Å². The number of benzene rings is 1. The van der Waals surface area contributed by atoms with E-state index in [9.17, 15) is 0 Å². The van der Waals surface area contributed by atoms with Gasteiger partial charge in [-0.3, -0.25) is 0 Å². The summed E-state index contributed by atoms with van der Waals surface area (Å²) in [7, 11) is 4.18. The molecular weight excluding hydrogens is 250 g/mol. The van der Waals surface area contributed by atoms with Crippen LogP contribution < -0.4 is 10.6 Å². The van der Waals surface area contributed by atoms with E-state index in [2.05, 4.69) is 60.3 Å². The zero-order valence-corrected chi connectivity index (χ0v) is 12.2. The van der Waals surface area contributed by atoms with Crippen LogP contribution >= 0.6 is 0 Å². The Kier molecular flexibility index (Phi) is 3.12. The highest BCUT2D eigenvalue weighted by Gasteiger charge is 2.30. The van der Waals surface area contributed by atoms with Crippen LogP contribution in [-0.2, 0) is 13.0 Å². The summed E-state index contributed by atoms with van der Waals surface area (Å²) in [5, 5.41) is 4.31. The first-order chi connectivity index (χ1) is 9.56. The largest absolute Gasteiger partial charge is 0.377 e. The van der Waals surface area contributed by atoms with Crippen molar-refractivity contribution < 1.29 is 0 Å². The highest BCUT2D eigenvalue weighted by Crippen LogP contribution is 2.37. The Morgan fingerprint density at radius 2 is 2.05 bits per heavy atom. The maximum Gasteiger partial charge on any atom is 0.239 e. The molecule has 1 aliphatic heterocycles. The van der Waals surface area contributed by atoms with Gasteiger partial charge in [0.1, 0.15) is 5.82 Å². The lowest BCUT2D eigenvalue weighted by Gasteiger charge is -2.32. The smallest absolute Gasteiger partial charge is 0.239 e. The molecule has 2 unspecified atom stereocenters. The number of rotatable bonds is 2. The Balaban J connectivity index is 1.99. The van der Waals surface area contributed by atoms with Gasteiger partial charge in [0.15, 0.2) is 0 Å². The van der Waals surface area contributed by atoms with Crippen molar-refractivity contribution in [2.75, 3.05) is 24.7 Å². The standard InChI is InChI=1S/C15H21N5/c1-10-8-14-17-15(16)18-20(14)9-12(10)11-6-4-5-7-13(11)19(2)3/h4-7,10,12H,8-9H2,1-3H3,(H2,16,18). The number of aromatic nitrogens is 3. The molecule has 0 spiro atoms. The molecule has 0 fully saturated rings. The van der Waals surface area contributed by atoms with E-state index in [1.54, 1.807) is 0 Å². The summed E-state index contributed by atoms with van der Waals surface area (Å²) in [6.45, 7) is 3.14. The molecule has 0 bridgehead atoms. The number of para-hydroxylation sites is 1. The molecule has 1 aromatic carbocycles. The van der Waals surface area contributed by atoms with Crippen molar-refractivity contribution in [3.05, 3.63) is 35.7 Å².